The average Bonchev–Trinajstić information content (AvgIpc) is 3.20. The number of aliphatic hydroxyl groups is 1. The number of nitrogen functional groups attached to an aromatic ring is 1. The first kappa shape index (κ1) is 12.1. The van der Waals surface area contributed by atoms with E-state index in [4.69, 9.17) is 10.9 Å². The van der Waals surface area contributed by atoms with Crippen LogP contribution in [0.3, 0.4) is 0 Å². The molecular weight excluding hydrogens is 218 g/mol. The molecule has 0 aliphatic heterocycles. The highest BCUT2D eigenvalue weighted by Gasteiger charge is 2.28. The SMILES string of the molecule is CC(CO)N(C)c1cc(NN)nc(C2CC2)n1. The van der Waals surface area contributed by atoms with E-state index in [1.165, 1.54) is 0 Å². The molecule has 0 saturated heterocycles. The largest absolute Gasteiger partial charge is 0.394 e. The molecule has 1 aromatic heterocycles. The fraction of sp³-hybridized carbons (Fsp3) is 0.636. The van der Waals surface area contributed by atoms with E-state index in [-0.39, 0.29) is 12.6 Å². The van der Waals surface area contributed by atoms with Crippen molar-refractivity contribution in [2.24, 2.45) is 5.84 Å². The highest BCUT2D eigenvalue weighted by Crippen LogP contribution is 2.39. The van der Waals surface area contributed by atoms with Gasteiger partial charge in [0.05, 0.1) is 12.6 Å². The summed E-state index contributed by atoms with van der Waals surface area (Å²) in [5, 5.41) is 9.16. The third-order valence-electron chi connectivity index (χ3n) is 3.11. The third kappa shape index (κ3) is 2.65. The Morgan fingerprint density at radius 1 is 1.59 bits per heavy atom. The van der Waals surface area contributed by atoms with Crippen LogP contribution in [-0.2, 0) is 0 Å². The van der Waals surface area contributed by atoms with Crippen LogP contribution in [0.5, 0.6) is 0 Å². The zero-order chi connectivity index (χ0) is 12.4. The predicted octanol–water partition coefficient (Wildman–Crippen LogP) is 0.457. The Labute approximate surface area is 101 Å². The average molecular weight is 237 g/mol. The van der Waals surface area contributed by atoms with Crippen molar-refractivity contribution in [3.63, 3.8) is 0 Å². The summed E-state index contributed by atoms with van der Waals surface area (Å²) < 4.78 is 0. The zero-order valence-electron chi connectivity index (χ0n) is 10.2. The number of nitrogens with two attached hydrogens (primary N) is 1. The van der Waals surface area contributed by atoms with Crippen LogP contribution in [0.25, 0.3) is 0 Å². The molecule has 2 rings (SSSR count). The molecule has 1 heterocycles. The molecule has 0 bridgehead atoms. The van der Waals surface area contributed by atoms with Crippen LogP contribution in [0.4, 0.5) is 11.6 Å². The Morgan fingerprint density at radius 3 is 2.82 bits per heavy atom. The monoisotopic (exact) mass is 237 g/mol. The van der Waals surface area contributed by atoms with Gasteiger partial charge < -0.3 is 15.4 Å². The second-order valence-corrected chi connectivity index (χ2v) is 4.53. The van der Waals surface area contributed by atoms with E-state index >= 15 is 0 Å². The zero-order valence-corrected chi connectivity index (χ0v) is 10.2. The van der Waals surface area contributed by atoms with Crippen LogP contribution in [0.15, 0.2) is 6.07 Å². The Bertz CT molecular complexity index is 393. The number of nitrogens with one attached hydrogen (secondary N) is 1. The van der Waals surface area contributed by atoms with Gasteiger partial charge in [0.15, 0.2) is 0 Å². The van der Waals surface area contributed by atoms with Crippen molar-refractivity contribution in [3.05, 3.63) is 11.9 Å². The number of hydrazine groups is 1. The molecule has 1 aromatic rings. The van der Waals surface area contributed by atoms with E-state index in [1.807, 2.05) is 18.9 Å². The lowest BCUT2D eigenvalue weighted by Gasteiger charge is -2.24. The molecular formula is C11H19N5O. The van der Waals surface area contributed by atoms with Crippen molar-refractivity contribution in [3.8, 4) is 0 Å². The number of aliphatic hydroxyl groups excluding tert-OH is 1. The number of hydrogen-bond acceptors (Lipinski definition) is 6. The lowest BCUT2D eigenvalue weighted by atomic mass is 10.3. The number of nitrogens with zero attached hydrogens (tertiary/aromatic N) is 3. The fourth-order valence-corrected chi connectivity index (χ4v) is 1.58. The van der Waals surface area contributed by atoms with Crippen molar-refractivity contribution in [2.45, 2.75) is 31.7 Å². The van der Waals surface area contributed by atoms with Crippen LogP contribution >= 0.6 is 0 Å². The van der Waals surface area contributed by atoms with Crippen LogP contribution in [0.1, 0.15) is 31.5 Å². The van der Waals surface area contributed by atoms with Crippen LogP contribution in [0, 0.1) is 0 Å². The summed E-state index contributed by atoms with van der Waals surface area (Å²) >= 11 is 0. The lowest BCUT2D eigenvalue weighted by molar-refractivity contribution is 0.269. The quantitative estimate of drug-likeness (QED) is 0.509. The minimum absolute atomic E-state index is 0.0163. The molecule has 94 valence electrons. The topological polar surface area (TPSA) is 87.3 Å². The van der Waals surface area contributed by atoms with Gasteiger partial charge >= 0.3 is 0 Å². The maximum Gasteiger partial charge on any atom is 0.145 e. The van der Waals surface area contributed by atoms with Gasteiger partial charge in [-0.1, -0.05) is 0 Å². The Morgan fingerprint density at radius 2 is 2.29 bits per heavy atom. The molecule has 0 amide bonds. The third-order valence-corrected chi connectivity index (χ3v) is 3.11. The van der Waals surface area contributed by atoms with Crippen molar-refractivity contribution in [1.29, 1.82) is 0 Å². The van der Waals surface area contributed by atoms with Crippen LogP contribution in [-0.4, -0.2) is 34.8 Å². The van der Waals surface area contributed by atoms with Gasteiger partial charge in [-0.15, -0.1) is 0 Å². The minimum atomic E-state index is 0.0163. The molecule has 1 atom stereocenters. The standard InChI is InChI=1S/C11H19N5O/c1-7(6-17)16(2)10-5-9(15-12)13-11(14-10)8-3-4-8/h5,7-8,17H,3-4,6,12H2,1-2H3,(H,13,14,15). The van der Waals surface area contributed by atoms with Gasteiger partial charge in [-0.2, -0.15) is 0 Å². The predicted molar refractivity (Wildman–Crippen MR) is 66.8 cm³/mol. The van der Waals surface area contributed by atoms with Crippen molar-refractivity contribution >= 4 is 11.6 Å². The summed E-state index contributed by atoms with van der Waals surface area (Å²) in [5.41, 5.74) is 2.56. The Hall–Kier alpha value is -1.40. The van der Waals surface area contributed by atoms with Gasteiger partial charge in [0.25, 0.3) is 0 Å². The van der Waals surface area contributed by atoms with Crippen LogP contribution in [0.2, 0.25) is 0 Å². The van der Waals surface area contributed by atoms with Crippen molar-refractivity contribution in [1.82, 2.24) is 9.97 Å². The lowest BCUT2D eigenvalue weighted by Crippen LogP contribution is -2.33. The Balaban J connectivity index is 2.28. The number of rotatable bonds is 5. The molecule has 0 spiro atoms. The summed E-state index contributed by atoms with van der Waals surface area (Å²) in [5.74, 6) is 8.13. The van der Waals surface area contributed by atoms with Gasteiger partial charge in [-0.3, -0.25) is 0 Å². The highest BCUT2D eigenvalue weighted by atomic mass is 16.3. The number of anilines is 2. The molecule has 0 radical (unpaired) electrons. The van der Waals surface area contributed by atoms with E-state index in [0.717, 1.165) is 24.5 Å². The first-order valence-electron chi connectivity index (χ1n) is 5.85. The van der Waals surface area contributed by atoms with E-state index in [0.29, 0.717) is 11.7 Å². The summed E-state index contributed by atoms with van der Waals surface area (Å²) in [6.45, 7) is 2.03. The number of aromatic nitrogens is 2. The molecule has 6 nitrogen and oxygen atoms in total. The first-order chi connectivity index (χ1) is 8.15. The summed E-state index contributed by atoms with van der Waals surface area (Å²) in [6.07, 6.45) is 2.29. The van der Waals surface area contributed by atoms with Crippen molar-refractivity contribution < 1.29 is 5.11 Å². The molecule has 0 aromatic carbocycles. The smallest absolute Gasteiger partial charge is 0.145 e. The summed E-state index contributed by atoms with van der Waals surface area (Å²) in [7, 11) is 1.90. The molecule has 4 N–H and O–H groups in total. The van der Waals surface area contributed by atoms with Gasteiger partial charge in [-0.25, -0.2) is 15.8 Å². The Kier molecular flexibility index (Phi) is 3.44. The van der Waals surface area contributed by atoms with E-state index < -0.39 is 0 Å². The van der Waals surface area contributed by atoms with Gasteiger partial charge in [-0.05, 0) is 19.8 Å². The van der Waals surface area contributed by atoms with Gasteiger partial charge in [0.2, 0.25) is 0 Å². The normalized spacial score (nSPS) is 16.7. The van der Waals surface area contributed by atoms with Gasteiger partial charge in [0, 0.05) is 19.0 Å². The molecule has 1 fully saturated rings. The first-order valence-corrected chi connectivity index (χ1v) is 5.85. The molecule has 17 heavy (non-hydrogen) atoms. The van der Waals surface area contributed by atoms with Crippen molar-refractivity contribution in [2.75, 3.05) is 24.0 Å². The fourth-order valence-electron chi connectivity index (χ4n) is 1.58. The molecule has 1 aliphatic rings. The second kappa shape index (κ2) is 4.85. The summed E-state index contributed by atoms with van der Waals surface area (Å²) in [6, 6.07) is 1.81. The summed E-state index contributed by atoms with van der Waals surface area (Å²) in [4.78, 5) is 10.8. The molecule has 6 heteroatoms. The number of likely N-dealkylation sites (N-methyl/N-ethyl adjacent to an activating group) is 1. The maximum atomic E-state index is 9.16. The van der Waals surface area contributed by atoms with E-state index in [9.17, 15) is 0 Å². The molecule has 1 saturated carbocycles. The highest BCUT2D eigenvalue weighted by molar-refractivity contribution is 5.49. The van der Waals surface area contributed by atoms with Gasteiger partial charge in [0.1, 0.15) is 17.5 Å². The molecule has 1 unspecified atom stereocenters. The maximum absolute atomic E-state index is 9.16. The van der Waals surface area contributed by atoms with Crippen LogP contribution < -0.4 is 16.2 Å². The number of hydrogen-bond donors (Lipinski definition) is 3. The molecule has 1 aliphatic carbocycles. The minimum Gasteiger partial charge on any atom is -0.394 e. The van der Waals surface area contributed by atoms with E-state index in [2.05, 4.69) is 15.4 Å². The van der Waals surface area contributed by atoms with E-state index in [1.54, 1.807) is 6.07 Å². The second-order valence-electron chi connectivity index (χ2n) is 4.53.